The van der Waals surface area contributed by atoms with Crippen molar-refractivity contribution in [3.8, 4) is 5.75 Å². The SMILES string of the molecule is Cc1nc2cc(OC[C@H](O)CN3CCN(C(C(N)=O)C4=CC=COO4)CC3)ccc2s1. The van der Waals surface area contributed by atoms with Crippen LogP contribution in [0.2, 0.25) is 0 Å². The number of benzene rings is 1. The topological polar surface area (TPSA) is 110 Å². The minimum Gasteiger partial charge on any atom is -0.491 e. The zero-order valence-corrected chi connectivity index (χ0v) is 18.1. The van der Waals surface area contributed by atoms with E-state index in [1.165, 1.54) is 6.26 Å². The average Bonchev–Trinajstić information content (AvgIpc) is 3.13. The third-order valence-electron chi connectivity index (χ3n) is 5.23. The summed E-state index contributed by atoms with van der Waals surface area (Å²) < 4.78 is 6.89. The summed E-state index contributed by atoms with van der Waals surface area (Å²) in [5.41, 5.74) is 6.50. The van der Waals surface area contributed by atoms with Crippen LogP contribution in [0.4, 0.5) is 0 Å². The normalized spacial score (nSPS) is 19.4. The van der Waals surface area contributed by atoms with E-state index in [4.69, 9.17) is 20.2 Å². The lowest BCUT2D eigenvalue weighted by atomic mass is 10.1. The minimum atomic E-state index is -0.676. The van der Waals surface area contributed by atoms with Gasteiger partial charge in [0.1, 0.15) is 24.7 Å². The summed E-state index contributed by atoms with van der Waals surface area (Å²) in [7, 11) is 0. The Morgan fingerprint density at radius 2 is 2.16 bits per heavy atom. The molecule has 0 aliphatic carbocycles. The molecule has 3 N–H and O–H groups in total. The lowest BCUT2D eigenvalue weighted by molar-refractivity contribution is -0.223. The highest BCUT2D eigenvalue weighted by molar-refractivity contribution is 7.18. The Kier molecular flexibility index (Phi) is 6.71. The molecule has 166 valence electrons. The number of amides is 1. The van der Waals surface area contributed by atoms with Crippen LogP contribution in [0.1, 0.15) is 5.01 Å². The molecule has 31 heavy (non-hydrogen) atoms. The van der Waals surface area contributed by atoms with E-state index >= 15 is 0 Å². The highest BCUT2D eigenvalue weighted by atomic mass is 32.1. The van der Waals surface area contributed by atoms with Gasteiger partial charge in [-0.15, -0.1) is 11.3 Å². The van der Waals surface area contributed by atoms with Gasteiger partial charge < -0.3 is 15.6 Å². The van der Waals surface area contributed by atoms with E-state index in [9.17, 15) is 9.90 Å². The molecule has 3 heterocycles. The number of aromatic nitrogens is 1. The lowest BCUT2D eigenvalue weighted by Crippen LogP contribution is -2.56. The maximum atomic E-state index is 12.0. The fraction of sp³-hybridized carbons (Fsp3) is 0.429. The number of aryl methyl sites for hydroxylation is 1. The van der Waals surface area contributed by atoms with Gasteiger partial charge in [0, 0.05) is 38.8 Å². The standard InChI is InChI=1S/C21H26N4O5S/c1-14-23-17-11-16(4-5-19(17)31-14)28-13-15(26)12-24-6-8-25(9-7-24)20(21(22)27)18-3-2-10-29-30-18/h2-5,10-11,15,20,26H,6-9,12-13H2,1H3,(H2,22,27)/t15-,20?/m1/s1. The van der Waals surface area contributed by atoms with E-state index in [1.807, 2.05) is 30.0 Å². The number of carbonyl (C=O) groups excluding carboxylic acids is 1. The van der Waals surface area contributed by atoms with E-state index in [2.05, 4.69) is 9.88 Å². The Labute approximate surface area is 184 Å². The quantitative estimate of drug-likeness (QED) is 0.582. The van der Waals surface area contributed by atoms with E-state index in [0.717, 1.165) is 15.2 Å². The number of hydrogen-bond donors (Lipinski definition) is 2. The van der Waals surface area contributed by atoms with Crippen molar-refractivity contribution >= 4 is 27.5 Å². The summed E-state index contributed by atoms with van der Waals surface area (Å²) in [6.45, 7) is 5.27. The van der Waals surface area contributed by atoms with Gasteiger partial charge in [-0.1, -0.05) is 0 Å². The molecule has 4 rings (SSSR count). The van der Waals surface area contributed by atoms with Gasteiger partial charge in [-0.25, -0.2) is 4.98 Å². The molecule has 0 spiro atoms. The van der Waals surface area contributed by atoms with E-state index in [-0.39, 0.29) is 6.61 Å². The number of aliphatic hydroxyl groups is 1. The molecule has 0 bridgehead atoms. The molecule has 1 amide bonds. The third-order valence-corrected chi connectivity index (χ3v) is 6.18. The summed E-state index contributed by atoms with van der Waals surface area (Å²) in [6, 6.07) is 5.11. The monoisotopic (exact) mass is 446 g/mol. The molecule has 10 heteroatoms. The number of carbonyl (C=O) groups is 1. The van der Waals surface area contributed by atoms with Crippen molar-refractivity contribution in [1.82, 2.24) is 14.8 Å². The van der Waals surface area contributed by atoms with E-state index in [1.54, 1.807) is 23.5 Å². The Hall–Kier alpha value is -2.66. The summed E-state index contributed by atoms with van der Waals surface area (Å²) >= 11 is 1.64. The van der Waals surface area contributed by atoms with Crippen molar-refractivity contribution in [3.05, 3.63) is 47.4 Å². The first-order chi connectivity index (χ1) is 15.0. The average molecular weight is 447 g/mol. The first-order valence-corrected chi connectivity index (χ1v) is 10.9. The molecule has 0 radical (unpaired) electrons. The number of piperazine rings is 1. The number of hydrogen-bond acceptors (Lipinski definition) is 9. The zero-order valence-electron chi connectivity index (χ0n) is 17.3. The van der Waals surface area contributed by atoms with Crippen LogP contribution < -0.4 is 10.5 Å². The molecule has 1 unspecified atom stereocenters. The van der Waals surface area contributed by atoms with Gasteiger partial charge in [0.25, 0.3) is 0 Å². The number of rotatable bonds is 8. The molecule has 2 atom stereocenters. The van der Waals surface area contributed by atoms with Crippen LogP contribution in [0.25, 0.3) is 10.2 Å². The molecule has 0 saturated carbocycles. The summed E-state index contributed by atoms with van der Waals surface area (Å²) in [5.74, 6) is 0.589. The Morgan fingerprint density at radius 1 is 1.35 bits per heavy atom. The summed E-state index contributed by atoms with van der Waals surface area (Å²) in [5, 5.41) is 11.4. The van der Waals surface area contributed by atoms with Crippen LogP contribution in [-0.2, 0) is 14.6 Å². The van der Waals surface area contributed by atoms with Gasteiger partial charge in [-0.2, -0.15) is 0 Å². The van der Waals surface area contributed by atoms with Crippen LogP contribution in [0.5, 0.6) is 5.75 Å². The number of thiazole rings is 1. The van der Waals surface area contributed by atoms with Gasteiger partial charge in [0.2, 0.25) is 5.91 Å². The molecule has 1 aromatic heterocycles. The molecule has 2 aliphatic rings. The molecule has 2 aliphatic heterocycles. The van der Waals surface area contributed by atoms with Gasteiger partial charge in [0.15, 0.2) is 11.8 Å². The molecular formula is C21H26N4O5S. The molecule has 1 fully saturated rings. The fourth-order valence-corrected chi connectivity index (χ4v) is 4.58. The van der Waals surface area contributed by atoms with E-state index < -0.39 is 18.1 Å². The van der Waals surface area contributed by atoms with Gasteiger partial charge in [-0.3, -0.25) is 24.4 Å². The predicted octanol–water partition coefficient (Wildman–Crippen LogP) is 1.18. The van der Waals surface area contributed by atoms with Gasteiger partial charge >= 0.3 is 0 Å². The van der Waals surface area contributed by atoms with Gasteiger partial charge in [-0.05, 0) is 31.2 Å². The number of fused-ring (bicyclic) bond motifs is 1. The second kappa shape index (κ2) is 9.65. The highest BCUT2D eigenvalue weighted by Crippen LogP contribution is 2.25. The molecule has 9 nitrogen and oxygen atoms in total. The Balaban J connectivity index is 1.25. The van der Waals surface area contributed by atoms with Crippen LogP contribution >= 0.6 is 11.3 Å². The van der Waals surface area contributed by atoms with Crippen LogP contribution in [0.15, 0.2) is 42.4 Å². The first-order valence-electron chi connectivity index (χ1n) is 10.1. The number of nitrogens with two attached hydrogens (primary N) is 1. The maximum Gasteiger partial charge on any atom is 0.242 e. The number of aliphatic hydroxyl groups excluding tert-OH is 1. The maximum absolute atomic E-state index is 12.0. The molecule has 1 aromatic carbocycles. The Bertz CT molecular complexity index is 983. The first kappa shape index (κ1) is 21.6. The highest BCUT2D eigenvalue weighted by Gasteiger charge is 2.33. The molecule has 1 saturated heterocycles. The molecular weight excluding hydrogens is 420 g/mol. The van der Waals surface area contributed by atoms with Crippen molar-refractivity contribution in [3.63, 3.8) is 0 Å². The van der Waals surface area contributed by atoms with Crippen molar-refractivity contribution in [2.24, 2.45) is 5.73 Å². The van der Waals surface area contributed by atoms with Crippen molar-refractivity contribution in [1.29, 1.82) is 0 Å². The van der Waals surface area contributed by atoms with Crippen molar-refractivity contribution in [2.75, 3.05) is 39.3 Å². The van der Waals surface area contributed by atoms with Crippen molar-refractivity contribution < 1.29 is 24.4 Å². The van der Waals surface area contributed by atoms with Crippen molar-refractivity contribution in [2.45, 2.75) is 19.1 Å². The minimum absolute atomic E-state index is 0.198. The number of primary amides is 1. The van der Waals surface area contributed by atoms with E-state index in [0.29, 0.717) is 44.2 Å². The third kappa shape index (κ3) is 5.34. The Morgan fingerprint density at radius 3 is 2.87 bits per heavy atom. The summed E-state index contributed by atoms with van der Waals surface area (Å²) in [4.78, 5) is 30.5. The largest absolute Gasteiger partial charge is 0.491 e. The predicted molar refractivity (Wildman–Crippen MR) is 116 cm³/mol. The fourth-order valence-electron chi connectivity index (χ4n) is 3.77. The number of allylic oxidation sites excluding steroid dienone is 2. The van der Waals surface area contributed by atoms with Gasteiger partial charge in [0.05, 0.1) is 15.2 Å². The van der Waals surface area contributed by atoms with Crippen LogP contribution in [-0.4, -0.2) is 77.3 Å². The van der Waals surface area contributed by atoms with Crippen LogP contribution in [0, 0.1) is 6.92 Å². The van der Waals surface area contributed by atoms with Crippen LogP contribution in [0.3, 0.4) is 0 Å². The number of ether oxygens (including phenoxy) is 1. The second-order valence-corrected chi connectivity index (χ2v) is 8.78. The smallest absolute Gasteiger partial charge is 0.242 e. The number of β-amino-alcohol motifs (C(OH)–C–C–N with tert-alkyl or cyclic N) is 1. The second-order valence-electron chi connectivity index (χ2n) is 7.55. The summed E-state index contributed by atoms with van der Waals surface area (Å²) in [6.07, 6.45) is 4.10. The zero-order chi connectivity index (χ0) is 21.8. The number of nitrogens with zero attached hydrogens (tertiary/aromatic N) is 3. The molecule has 2 aromatic rings. The lowest BCUT2D eigenvalue weighted by Gasteiger charge is -2.38.